The van der Waals surface area contributed by atoms with E-state index < -0.39 is 23.9 Å². The van der Waals surface area contributed by atoms with E-state index in [-0.39, 0.29) is 13.2 Å². The monoisotopic (exact) mass is 432 g/mol. The van der Waals surface area contributed by atoms with Crippen LogP contribution in [0, 0.1) is 0 Å². The van der Waals surface area contributed by atoms with Crippen molar-refractivity contribution in [3.63, 3.8) is 0 Å². The van der Waals surface area contributed by atoms with Crippen molar-refractivity contribution < 1.29 is 28.6 Å². The number of benzene rings is 2. The summed E-state index contributed by atoms with van der Waals surface area (Å²) in [5.74, 6) is -0.512. The second-order valence-corrected chi connectivity index (χ2v) is 6.90. The van der Waals surface area contributed by atoms with Gasteiger partial charge in [-0.2, -0.15) is 0 Å². The van der Waals surface area contributed by atoms with E-state index in [1.807, 2.05) is 6.92 Å². The summed E-state index contributed by atoms with van der Waals surface area (Å²) in [6.07, 6.45) is -1.06. The number of fused-ring (bicyclic) bond motifs is 1. The molecule has 0 bridgehead atoms. The smallest absolute Gasteiger partial charge is 0.326 e. The molecule has 0 radical (unpaired) electrons. The standard InChI is InChI=1S/C21H21ClN2O6/c1-3-28-16-7-5-15(6-8-16)23-21(27)13(2)30-20(26)11-24-17-10-14(22)4-9-18(17)29-12-19(24)25/h4-10,13H,3,11-12H2,1-2H3,(H,23,27)/t13-/m0/s1. The fourth-order valence-electron chi connectivity index (χ4n) is 2.81. The van der Waals surface area contributed by atoms with Crippen molar-refractivity contribution in [2.45, 2.75) is 20.0 Å². The highest BCUT2D eigenvalue weighted by Gasteiger charge is 2.29. The lowest BCUT2D eigenvalue weighted by Crippen LogP contribution is -2.43. The molecule has 2 amide bonds. The van der Waals surface area contributed by atoms with Gasteiger partial charge in [0, 0.05) is 10.7 Å². The number of halogens is 1. The molecule has 2 aromatic carbocycles. The van der Waals surface area contributed by atoms with Gasteiger partial charge in [0.05, 0.1) is 12.3 Å². The number of rotatable bonds is 7. The molecule has 0 aromatic heterocycles. The van der Waals surface area contributed by atoms with Gasteiger partial charge in [-0.15, -0.1) is 0 Å². The fourth-order valence-corrected chi connectivity index (χ4v) is 2.98. The summed E-state index contributed by atoms with van der Waals surface area (Å²) in [4.78, 5) is 38.1. The van der Waals surface area contributed by atoms with Gasteiger partial charge in [0.2, 0.25) is 0 Å². The number of anilines is 2. The molecule has 0 fully saturated rings. The number of hydrogen-bond donors (Lipinski definition) is 1. The average Bonchev–Trinajstić information content (AvgIpc) is 2.72. The van der Waals surface area contributed by atoms with Crippen LogP contribution in [-0.2, 0) is 19.1 Å². The van der Waals surface area contributed by atoms with E-state index in [9.17, 15) is 14.4 Å². The molecule has 1 atom stereocenters. The number of carbonyl (C=O) groups is 3. The third kappa shape index (κ3) is 5.21. The van der Waals surface area contributed by atoms with Crippen LogP contribution >= 0.6 is 11.6 Å². The predicted molar refractivity (Wildman–Crippen MR) is 111 cm³/mol. The van der Waals surface area contributed by atoms with Crippen molar-refractivity contribution in [1.29, 1.82) is 0 Å². The number of nitrogens with zero attached hydrogens (tertiary/aromatic N) is 1. The molecule has 0 spiro atoms. The van der Waals surface area contributed by atoms with Gasteiger partial charge in [-0.05, 0) is 56.3 Å². The van der Waals surface area contributed by atoms with Crippen molar-refractivity contribution >= 4 is 40.8 Å². The molecule has 0 saturated heterocycles. The SMILES string of the molecule is CCOc1ccc(NC(=O)[C@H](C)OC(=O)CN2C(=O)COc3ccc(Cl)cc32)cc1. The highest BCUT2D eigenvalue weighted by Crippen LogP contribution is 2.34. The van der Waals surface area contributed by atoms with Crippen LogP contribution in [0.3, 0.4) is 0 Å². The van der Waals surface area contributed by atoms with Crippen LogP contribution in [-0.4, -0.2) is 43.6 Å². The molecular weight excluding hydrogens is 412 g/mol. The van der Waals surface area contributed by atoms with Gasteiger partial charge in [-0.3, -0.25) is 19.3 Å². The van der Waals surface area contributed by atoms with E-state index in [4.69, 9.17) is 25.8 Å². The zero-order chi connectivity index (χ0) is 21.7. The minimum Gasteiger partial charge on any atom is -0.494 e. The number of hydrogen-bond acceptors (Lipinski definition) is 6. The van der Waals surface area contributed by atoms with Gasteiger partial charge in [0.25, 0.3) is 11.8 Å². The Morgan fingerprint density at radius 1 is 1.23 bits per heavy atom. The van der Waals surface area contributed by atoms with Crippen LogP contribution in [0.15, 0.2) is 42.5 Å². The van der Waals surface area contributed by atoms with Crippen LogP contribution in [0.1, 0.15) is 13.8 Å². The number of nitrogens with one attached hydrogen (secondary N) is 1. The van der Waals surface area contributed by atoms with Crippen molar-refractivity contribution in [2.75, 3.05) is 30.0 Å². The van der Waals surface area contributed by atoms with Gasteiger partial charge in [-0.25, -0.2) is 0 Å². The summed E-state index contributed by atoms with van der Waals surface area (Å²) in [5.41, 5.74) is 0.917. The molecule has 0 aliphatic carbocycles. The van der Waals surface area contributed by atoms with Crippen LogP contribution in [0.4, 0.5) is 11.4 Å². The molecule has 1 aliphatic rings. The first kappa shape index (κ1) is 21.4. The van der Waals surface area contributed by atoms with Gasteiger partial charge < -0.3 is 19.5 Å². The predicted octanol–water partition coefficient (Wildman–Crippen LogP) is 3.03. The Hall–Kier alpha value is -3.26. The molecule has 3 rings (SSSR count). The van der Waals surface area contributed by atoms with Gasteiger partial charge >= 0.3 is 5.97 Å². The molecule has 2 aromatic rings. The van der Waals surface area contributed by atoms with E-state index in [2.05, 4.69) is 5.32 Å². The second kappa shape index (κ2) is 9.49. The summed E-state index contributed by atoms with van der Waals surface area (Å²) < 4.78 is 15.9. The third-order valence-corrected chi connectivity index (χ3v) is 4.50. The van der Waals surface area contributed by atoms with E-state index >= 15 is 0 Å². The second-order valence-electron chi connectivity index (χ2n) is 6.46. The van der Waals surface area contributed by atoms with Gasteiger partial charge in [0.15, 0.2) is 12.7 Å². The maximum atomic E-state index is 12.3. The van der Waals surface area contributed by atoms with E-state index in [0.717, 1.165) is 0 Å². The Bertz CT molecular complexity index is 947. The molecule has 0 unspecified atom stereocenters. The normalized spacial score (nSPS) is 13.7. The number of esters is 1. The lowest BCUT2D eigenvalue weighted by Gasteiger charge is -2.29. The first-order chi connectivity index (χ1) is 14.4. The Balaban J connectivity index is 1.58. The minimum absolute atomic E-state index is 0.199. The average molecular weight is 433 g/mol. The fraction of sp³-hybridized carbons (Fsp3) is 0.286. The molecule has 1 aliphatic heterocycles. The van der Waals surface area contributed by atoms with Crippen molar-refractivity contribution in [1.82, 2.24) is 0 Å². The first-order valence-electron chi connectivity index (χ1n) is 9.33. The minimum atomic E-state index is -1.06. The van der Waals surface area contributed by atoms with Crippen molar-refractivity contribution in [2.24, 2.45) is 0 Å². The summed E-state index contributed by atoms with van der Waals surface area (Å²) in [6.45, 7) is 3.31. The van der Waals surface area contributed by atoms with Crippen LogP contribution in [0.2, 0.25) is 5.02 Å². The maximum Gasteiger partial charge on any atom is 0.326 e. The maximum absolute atomic E-state index is 12.3. The zero-order valence-electron chi connectivity index (χ0n) is 16.5. The summed E-state index contributed by atoms with van der Waals surface area (Å²) in [7, 11) is 0. The number of amides is 2. The van der Waals surface area contributed by atoms with Gasteiger partial charge in [0.1, 0.15) is 18.0 Å². The zero-order valence-corrected chi connectivity index (χ0v) is 17.3. The lowest BCUT2D eigenvalue weighted by molar-refractivity contribution is -0.152. The number of carbonyl (C=O) groups excluding carboxylic acids is 3. The molecule has 158 valence electrons. The van der Waals surface area contributed by atoms with E-state index in [1.54, 1.807) is 36.4 Å². The molecule has 1 N–H and O–H groups in total. The topological polar surface area (TPSA) is 94.2 Å². The Labute approximate surface area is 178 Å². The van der Waals surface area contributed by atoms with Crippen LogP contribution in [0.25, 0.3) is 0 Å². The molecule has 9 heteroatoms. The summed E-state index contributed by atoms with van der Waals surface area (Å²) in [6, 6.07) is 11.6. The molecule has 30 heavy (non-hydrogen) atoms. The quantitative estimate of drug-likeness (QED) is 0.676. The molecule has 1 heterocycles. The van der Waals surface area contributed by atoms with E-state index in [0.29, 0.717) is 34.5 Å². The van der Waals surface area contributed by atoms with Crippen molar-refractivity contribution in [3.05, 3.63) is 47.5 Å². The highest BCUT2D eigenvalue weighted by atomic mass is 35.5. The number of ether oxygens (including phenoxy) is 3. The Morgan fingerprint density at radius 2 is 1.97 bits per heavy atom. The van der Waals surface area contributed by atoms with Gasteiger partial charge in [-0.1, -0.05) is 11.6 Å². The summed E-state index contributed by atoms with van der Waals surface area (Å²) in [5, 5.41) is 3.06. The summed E-state index contributed by atoms with van der Waals surface area (Å²) >= 11 is 5.99. The third-order valence-electron chi connectivity index (χ3n) is 4.26. The molecule has 0 saturated carbocycles. The Morgan fingerprint density at radius 3 is 2.67 bits per heavy atom. The van der Waals surface area contributed by atoms with Crippen LogP contribution < -0.4 is 19.7 Å². The van der Waals surface area contributed by atoms with Crippen molar-refractivity contribution in [3.8, 4) is 11.5 Å². The Kier molecular flexibility index (Phi) is 6.79. The molecular formula is C21H21ClN2O6. The largest absolute Gasteiger partial charge is 0.494 e. The van der Waals surface area contributed by atoms with Crippen LogP contribution in [0.5, 0.6) is 11.5 Å². The lowest BCUT2D eigenvalue weighted by atomic mass is 10.2. The highest BCUT2D eigenvalue weighted by molar-refractivity contribution is 6.31. The van der Waals surface area contributed by atoms with E-state index in [1.165, 1.54) is 17.9 Å². The molecule has 8 nitrogen and oxygen atoms in total. The first-order valence-corrected chi connectivity index (χ1v) is 9.71.